The van der Waals surface area contributed by atoms with Crippen molar-refractivity contribution in [3.63, 3.8) is 0 Å². The number of halogens is 1. The van der Waals surface area contributed by atoms with Crippen molar-refractivity contribution in [1.82, 2.24) is 39.9 Å². The van der Waals surface area contributed by atoms with E-state index in [1.165, 1.54) is 16.2 Å². The Morgan fingerprint density at radius 2 is 1.48 bits per heavy atom. The molecule has 1 aliphatic carbocycles. The summed E-state index contributed by atoms with van der Waals surface area (Å²) in [5.74, 6) is 0.144. The van der Waals surface area contributed by atoms with Crippen LogP contribution in [0.3, 0.4) is 0 Å². The number of thiazole rings is 1. The van der Waals surface area contributed by atoms with Gasteiger partial charge in [-0.3, -0.25) is 34.0 Å². The van der Waals surface area contributed by atoms with Crippen LogP contribution >= 0.6 is 11.3 Å². The third kappa shape index (κ3) is 15.3. The summed E-state index contributed by atoms with van der Waals surface area (Å²) in [7, 11) is 5.08. The van der Waals surface area contributed by atoms with Crippen LogP contribution in [0.5, 0.6) is 17.2 Å². The summed E-state index contributed by atoms with van der Waals surface area (Å²) < 4.78 is 57.4. The molecule has 3 unspecified atom stereocenters. The number of piperazine rings is 1. The first-order valence-electron chi connectivity index (χ1n) is 27.3. The van der Waals surface area contributed by atoms with Gasteiger partial charge < -0.3 is 58.4 Å². The molecule has 3 aromatic heterocycles. The second kappa shape index (κ2) is 27.6. The van der Waals surface area contributed by atoms with Crippen molar-refractivity contribution < 1.29 is 57.0 Å². The van der Waals surface area contributed by atoms with Gasteiger partial charge in [-0.2, -0.15) is 0 Å². The molecule has 3 atom stereocenters. The second-order valence-corrected chi connectivity index (χ2v) is 22.5. The van der Waals surface area contributed by atoms with Crippen LogP contribution in [0.2, 0.25) is 0 Å². The number of carbonyl (C=O) groups is 3. The fraction of sp³-hybridized carbons (Fsp3) is 0.552. The van der Waals surface area contributed by atoms with E-state index in [1.54, 1.807) is 64.5 Å². The smallest absolute Gasteiger partial charge is 0.259 e. The molecule has 3 amide bonds. The van der Waals surface area contributed by atoms with Gasteiger partial charge in [0.25, 0.3) is 11.5 Å². The van der Waals surface area contributed by atoms with Crippen molar-refractivity contribution in [2.24, 2.45) is 12.5 Å². The summed E-state index contributed by atoms with van der Waals surface area (Å²) in [6.45, 7) is 15.9. The molecule has 8 rings (SSSR count). The molecule has 2 aliphatic heterocycles. The molecule has 1 saturated carbocycles. The number of nitrogens with one attached hydrogen (secondary N) is 2. The Balaban J connectivity index is 0.695. The lowest BCUT2D eigenvalue weighted by Gasteiger charge is -2.35. The summed E-state index contributed by atoms with van der Waals surface area (Å²) in [5, 5.41) is 17.5. The number of fused-ring (bicyclic) bond motifs is 1. The van der Waals surface area contributed by atoms with Crippen molar-refractivity contribution in [2.75, 3.05) is 113 Å². The fourth-order valence-electron chi connectivity index (χ4n) is 9.97. The third-order valence-corrected chi connectivity index (χ3v) is 15.8. The van der Waals surface area contributed by atoms with E-state index in [2.05, 4.69) is 30.4 Å². The Morgan fingerprint density at radius 1 is 0.850 bits per heavy atom. The third-order valence-electron chi connectivity index (χ3n) is 14.8. The van der Waals surface area contributed by atoms with E-state index in [0.29, 0.717) is 69.5 Å². The van der Waals surface area contributed by atoms with Gasteiger partial charge in [-0.1, -0.05) is 32.9 Å². The number of methoxy groups -OCH3 is 2. The zero-order valence-corrected chi connectivity index (χ0v) is 47.9. The summed E-state index contributed by atoms with van der Waals surface area (Å²) >= 11 is 1.51. The van der Waals surface area contributed by atoms with Gasteiger partial charge in [-0.25, -0.2) is 9.37 Å². The van der Waals surface area contributed by atoms with E-state index >= 15 is 0 Å². The molecule has 2 aromatic carbocycles. The maximum atomic E-state index is 14.7. The van der Waals surface area contributed by atoms with E-state index in [9.17, 15) is 28.7 Å². The standard InChI is InChI=1S/C58H77FN8O12S/c1-38-51(80-37-62-38)39-8-9-40(32-61-53(69)47-31-42(68)34-67(47)55(71)52(57(2,3)4)63-56(72)58(59)11-12-58)48(28-39)79-27-26-78-25-24-77-23-22-76-21-20-75-19-18-65-14-16-66(17-15-65)36-46-49(73-6)29-41(30-50(46)74-7)45-35-64(5)54(70)44-33-60-13-10-43(44)45/h8-10,13,28-30,33,35,37,42,47,52,68H,11-12,14-27,31-32,34,36H2,1-7H3,(H,61,69)(H,63,72). The molecule has 0 spiro atoms. The molecule has 3 aliphatic rings. The highest BCUT2D eigenvalue weighted by Crippen LogP contribution is 2.41. The van der Waals surface area contributed by atoms with Crippen LogP contribution < -0.4 is 30.4 Å². The topological polar surface area (TPSA) is 218 Å². The summed E-state index contributed by atoms with van der Waals surface area (Å²) in [6, 6.07) is 9.50. The van der Waals surface area contributed by atoms with Gasteiger partial charge in [-0.05, 0) is 66.0 Å². The van der Waals surface area contributed by atoms with Crippen LogP contribution in [-0.2, 0) is 53.5 Å². The first kappa shape index (κ1) is 60.0. The van der Waals surface area contributed by atoms with Gasteiger partial charge in [0.1, 0.15) is 35.9 Å². The number of hydrogen-bond acceptors (Lipinski definition) is 17. The van der Waals surface area contributed by atoms with Gasteiger partial charge in [0.2, 0.25) is 11.8 Å². The molecule has 0 bridgehead atoms. The van der Waals surface area contributed by atoms with Crippen molar-refractivity contribution in [1.29, 1.82) is 0 Å². The van der Waals surface area contributed by atoms with Crippen molar-refractivity contribution in [3.05, 3.63) is 87.7 Å². The number of benzene rings is 2. The zero-order valence-electron chi connectivity index (χ0n) is 47.1. The number of ether oxygens (including phenoxy) is 7. The lowest BCUT2D eigenvalue weighted by atomic mass is 9.85. The number of alkyl halides is 1. The lowest BCUT2D eigenvalue weighted by molar-refractivity contribution is -0.145. The van der Waals surface area contributed by atoms with Crippen LogP contribution in [0.4, 0.5) is 4.39 Å². The van der Waals surface area contributed by atoms with Crippen molar-refractivity contribution >= 4 is 39.8 Å². The molecule has 2 saturated heterocycles. The Labute approximate surface area is 470 Å². The largest absolute Gasteiger partial charge is 0.496 e. The van der Waals surface area contributed by atoms with Crippen molar-refractivity contribution in [2.45, 2.75) is 83.9 Å². The highest BCUT2D eigenvalue weighted by molar-refractivity contribution is 7.13. The second-order valence-electron chi connectivity index (χ2n) is 21.6. The first-order chi connectivity index (χ1) is 38.5. The van der Waals surface area contributed by atoms with Crippen LogP contribution in [-0.4, -0.2) is 189 Å². The maximum Gasteiger partial charge on any atom is 0.259 e. The number of rotatable bonds is 28. The van der Waals surface area contributed by atoms with Crippen LogP contribution in [0, 0.1) is 12.3 Å². The number of aromatic nitrogens is 3. The predicted octanol–water partition coefficient (Wildman–Crippen LogP) is 4.92. The number of β-amino-alcohol motifs (C(OH)–C–C–N with tert-alkyl or cyclic N) is 1. The van der Waals surface area contributed by atoms with Crippen molar-refractivity contribution in [3.8, 4) is 38.8 Å². The van der Waals surface area contributed by atoms with E-state index in [0.717, 1.165) is 82.4 Å². The Bertz CT molecular complexity index is 2950. The molecule has 20 nitrogen and oxygen atoms in total. The predicted molar refractivity (Wildman–Crippen MR) is 301 cm³/mol. The van der Waals surface area contributed by atoms with Crippen LogP contribution in [0.25, 0.3) is 32.3 Å². The highest BCUT2D eigenvalue weighted by Gasteiger charge is 2.53. The first-order valence-corrected chi connectivity index (χ1v) is 28.2. The van der Waals surface area contributed by atoms with Crippen LogP contribution in [0.1, 0.15) is 56.9 Å². The number of aliphatic hydroxyl groups is 1. The lowest BCUT2D eigenvalue weighted by Crippen LogP contribution is -2.59. The molecule has 22 heteroatoms. The number of pyridine rings is 2. The number of carbonyl (C=O) groups excluding carboxylic acids is 3. The average molecular weight is 1130 g/mol. The number of hydrogen-bond donors (Lipinski definition) is 3. The molecule has 434 valence electrons. The Hall–Kier alpha value is -6.11. The van der Waals surface area contributed by atoms with E-state index in [4.69, 9.17) is 33.2 Å². The van der Waals surface area contributed by atoms with Gasteiger partial charge in [0, 0.05) is 95.5 Å². The highest BCUT2D eigenvalue weighted by atomic mass is 32.1. The number of aliphatic hydroxyl groups excluding tert-OH is 1. The summed E-state index contributed by atoms with van der Waals surface area (Å²) in [5.41, 5.74) is 4.15. The van der Waals surface area contributed by atoms with E-state index in [1.807, 2.05) is 49.5 Å². The van der Waals surface area contributed by atoms with Crippen LogP contribution in [0.15, 0.2) is 65.3 Å². The monoisotopic (exact) mass is 1130 g/mol. The zero-order chi connectivity index (χ0) is 57.0. The normalized spacial score (nSPS) is 17.8. The number of nitrogens with zero attached hydrogens (tertiary/aromatic N) is 6. The molecule has 3 N–H and O–H groups in total. The molecule has 5 aromatic rings. The minimum Gasteiger partial charge on any atom is -0.496 e. The fourth-order valence-corrected chi connectivity index (χ4v) is 10.8. The number of likely N-dealkylation sites (tertiary alicyclic amines) is 1. The number of amides is 3. The molecular weight excluding hydrogens is 1050 g/mol. The summed E-state index contributed by atoms with van der Waals surface area (Å²) in [6.07, 6.45) is 4.41. The number of aryl methyl sites for hydroxylation is 2. The minimum absolute atomic E-state index is 0.0155. The Morgan fingerprint density at radius 3 is 2.09 bits per heavy atom. The molecule has 3 fully saturated rings. The van der Waals surface area contributed by atoms with E-state index in [-0.39, 0.29) is 51.1 Å². The summed E-state index contributed by atoms with van der Waals surface area (Å²) in [4.78, 5) is 68.8. The van der Waals surface area contributed by atoms with Gasteiger partial charge in [0.05, 0.1) is 100 Å². The quantitative estimate of drug-likeness (QED) is 0.0567. The van der Waals surface area contributed by atoms with E-state index < -0.39 is 47.0 Å². The maximum absolute atomic E-state index is 14.7. The Kier molecular flexibility index (Phi) is 20.7. The van der Waals surface area contributed by atoms with Gasteiger partial charge >= 0.3 is 0 Å². The molecule has 5 heterocycles. The minimum atomic E-state index is -1.98. The SMILES string of the molecule is COc1cc(-c2cn(C)c(=O)c3cnccc23)cc(OC)c1CN1CCN(CCOCCOCCOCCOCCOc2cc(-c3scnc3C)ccc2CNC(=O)C2CC(O)CN2C(=O)C(NC(=O)C2(F)CC2)C(C)(C)C)CC1. The molecule has 80 heavy (non-hydrogen) atoms. The van der Waals surface area contributed by atoms with Gasteiger partial charge in [0.15, 0.2) is 5.67 Å². The van der Waals surface area contributed by atoms with Gasteiger partial charge in [-0.15, -0.1) is 11.3 Å². The molecule has 0 radical (unpaired) electrons. The molecular formula is C58H77FN8O12S. The average Bonchev–Trinajstić information content (AvgIpc) is 3.86.